The van der Waals surface area contributed by atoms with Crippen LogP contribution in [0.1, 0.15) is 5.56 Å². The molecular formula is C22H16ClN7O3S. The van der Waals surface area contributed by atoms with E-state index < -0.39 is 10.8 Å². The summed E-state index contributed by atoms with van der Waals surface area (Å²) in [6, 6.07) is 17.2. The fourth-order valence-electron chi connectivity index (χ4n) is 2.94. The second-order valence-electron chi connectivity index (χ2n) is 6.76. The molecule has 1 N–H and O–H groups in total. The first kappa shape index (κ1) is 23.1. The number of carbonyl (C=O) groups is 1. The van der Waals surface area contributed by atoms with E-state index in [0.29, 0.717) is 16.5 Å². The Balaban J connectivity index is 1.47. The zero-order valence-electron chi connectivity index (χ0n) is 17.4. The van der Waals surface area contributed by atoms with E-state index in [1.807, 2.05) is 47.0 Å². The van der Waals surface area contributed by atoms with Crippen LogP contribution in [0, 0.1) is 10.1 Å². The lowest BCUT2D eigenvalue weighted by atomic mass is 10.2. The van der Waals surface area contributed by atoms with Crippen LogP contribution in [-0.2, 0) is 4.79 Å². The lowest BCUT2D eigenvalue weighted by molar-refractivity contribution is -0.384. The fraction of sp³-hybridized carbons (Fsp3) is 0.0455. The summed E-state index contributed by atoms with van der Waals surface area (Å²) in [7, 11) is 0. The highest BCUT2D eigenvalue weighted by Gasteiger charge is 2.17. The quantitative estimate of drug-likeness (QED) is 0.169. The molecule has 10 nitrogen and oxygen atoms in total. The highest BCUT2D eigenvalue weighted by molar-refractivity contribution is 7.99. The second-order valence-corrected chi connectivity index (χ2v) is 8.11. The predicted octanol–water partition coefficient (Wildman–Crippen LogP) is 4.13. The normalized spacial score (nSPS) is 11.0. The Morgan fingerprint density at radius 2 is 1.91 bits per heavy atom. The summed E-state index contributed by atoms with van der Waals surface area (Å²) in [4.78, 5) is 26.8. The molecule has 4 rings (SSSR count). The van der Waals surface area contributed by atoms with Crippen molar-refractivity contribution in [3.05, 3.63) is 93.8 Å². The maximum atomic E-state index is 12.3. The molecule has 0 aliphatic rings. The molecule has 4 aromatic rings. The molecule has 0 unspecified atom stereocenters. The Bertz CT molecular complexity index is 1350. The van der Waals surface area contributed by atoms with Crippen molar-refractivity contribution in [3.63, 3.8) is 0 Å². The van der Waals surface area contributed by atoms with Crippen LogP contribution in [0.2, 0.25) is 5.02 Å². The van der Waals surface area contributed by atoms with E-state index in [1.54, 1.807) is 12.4 Å². The minimum Gasteiger partial charge on any atom is -0.272 e. The lowest BCUT2D eigenvalue weighted by Crippen LogP contribution is -2.20. The first-order valence-corrected chi connectivity index (χ1v) is 11.2. The molecule has 0 radical (unpaired) electrons. The number of benzene rings is 2. The Labute approximate surface area is 202 Å². The number of hydrazone groups is 1. The summed E-state index contributed by atoms with van der Waals surface area (Å²) in [5.74, 6) is 0.243. The molecule has 34 heavy (non-hydrogen) atoms. The molecule has 2 aromatic carbocycles. The van der Waals surface area contributed by atoms with Crippen molar-refractivity contribution < 1.29 is 9.72 Å². The zero-order chi connectivity index (χ0) is 23.9. The average molecular weight is 494 g/mol. The number of nitrogens with zero attached hydrogens (tertiary/aromatic N) is 6. The van der Waals surface area contributed by atoms with Gasteiger partial charge < -0.3 is 0 Å². The molecule has 170 valence electrons. The molecule has 0 spiro atoms. The Kier molecular flexibility index (Phi) is 7.25. The van der Waals surface area contributed by atoms with Crippen LogP contribution in [0.15, 0.2) is 83.3 Å². The summed E-state index contributed by atoms with van der Waals surface area (Å²) in [6.45, 7) is 0. The van der Waals surface area contributed by atoms with E-state index in [2.05, 4.69) is 25.7 Å². The number of amides is 1. The van der Waals surface area contributed by atoms with Crippen LogP contribution in [0.5, 0.6) is 0 Å². The van der Waals surface area contributed by atoms with E-state index in [9.17, 15) is 14.9 Å². The number of pyridine rings is 1. The number of carbonyl (C=O) groups excluding carboxylic acids is 1. The van der Waals surface area contributed by atoms with Gasteiger partial charge >= 0.3 is 0 Å². The highest BCUT2D eigenvalue weighted by atomic mass is 35.5. The van der Waals surface area contributed by atoms with Gasteiger partial charge in [-0.15, -0.1) is 10.2 Å². The number of aromatic nitrogens is 4. The fourth-order valence-corrected chi connectivity index (χ4v) is 3.85. The predicted molar refractivity (Wildman–Crippen MR) is 129 cm³/mol. The molecule has 2 heterocycles. The van der Waals surface area contributed by atoms with E-state index in [4.69, 9.17) is 11.6 Å². The minimum absolute atomic E-state index is 0.0152. The van der Waals surface area contributed by atoms with Crippen LogP contribution in [0.4, 0.5) is 5.69 Å². The van der Waals surface area contributed by atoms with Gasteiger partial charge in [0, 0.05) is 46.4 Å². The van der Waals surface area contributed by atoms with Crippen LogP contribution in [0.3, 0.4) is 0 Å². The van der Waals surface area contributed by atoms with Gasteiger partial charge in [0.25, 0.3) is 11.6 Å². The van der Waals surface area contributed by atoms with Gasteiger partial charge in [0.15, 0.2) is 11.0 Å². The molecule has 0 atom stereocenters. The van der Waals surface area contributed by atoms with E-state index in [1.165, 1.54) is 36.2 Å². The number of para-hydroxylation sites is 1. The number of thioether (sulfide) groups is 1. The Hall–Kier alpha value is -4.09. The molecule has 0 saturated carbocycles. The molecule has 12 heteroatoms. The smallest absolute Gasteiger partial charge is 0.270 e. The van der Waals surface area contributed by atoms with Crippen molar-refractivity contribution in [3.8, 4) is 17.1 Å². The van der Waals surface area contributed by atoms with Gasteiger partial charge in [-0.05, 0) is 30.3 Å². The van der Waals surface area contributed by atoms with Crippen molar-refractivity contribution in [1.29, 1.82) is 0 Å². The van der Waals surface area contributed by atoms with Crippen molar-refractivity contribution in [2.45, 2.75) is 5.16 Å². The number of nitro groups is 1. The number of halogens is 1. The summed E-state index contributed by atoms with van der Waals surface area (Å²) < 4.78 is 1.86. The first-order chi connectivity index (χ1) is 16.5. The molecule has 0 aliphatic carbocycles. The minimum atomic E-state index is -0.536. The maximum Gasteiger partial charge on any atom is 0.270 e. The topological polar surface area (TPSA) is 128 Å². The monoisotopic (exact) mass is 493 g/mol. The summed E-state index contributed by atoms with van der Waals surface area (Å²) in [6.07, 6.45) is 4.60. The van der Waals surface area contributed by atoms with Gasteiger partial charge in [-0.3, -0.25) is 24.5 Å². The van der Waals surface area contributed by atoms with Gasteiger partial charge in [0.1, 0.15) is 0 Å². The van der Waals surface area contributed by atoms with Crippen molar-refractivity contribution in [1.82, 2.24) is 25.2 Å². The Morgan fingerprint density at radius 1 is 1.15 bits per heavy atom. The molecule has 0 fully saturated rings. The van der Waals surface area contributed by atoms with Gasteiger partial charge in [-0.1, -0.05) is 41.6 Å². The molecular weight excluding hydrogens is 478 g/mol. The van der Waals surface area contributed by atoms with Crippen molar-refractivity contribution >= 4 is 41.2 Å². The summed E-state index contributed by atoms with van der Waals surface area (Å²) in [5, 5.41) is 24.1. The van der Waals surface area contributed by atoms with Crippen LogP contribution < -0.4 is 5.43 Å². The number of nitrogens with one attached hydrogen (secondary N) is 1. The summed E-state index contributed by atoms with van der Waals surface area (Å²) >= 11 is 7.23. The van der Waals surface area contributed by atoms with Gasteiger partial charge in [-0.25, -0.2) is 5.43 Å². The third-order valence-electron chi connectivity index (χ3n) is 4.50. The summed E-state index contributed by atoms with van der Waals surface area (Å²) in [5.41, 5.74) is 4.26. The molecule has 0 bridgehead atoms. The molecule has 1 amide bonds. The highest BCUT2D eigenvalue weighted by Crippen LogP contribution is 2.27. The van der Waals surface area contributed by atoms with Gasteiger partial charge in [-0.2, -0.15) is 5.10 Å². The number of hydrogen-bond acceptors (Lipinski definition) is 8. The maximum absolute atomic E-state index is 12.3. The first-order valence-electron chi connectivity index (χ1n) is 9.83. The van der Waals surface area contributed by atoms with E-state index in [0.717, 1.165) is 11.3 Å². The second kappa shape index (κ2) is 10.7. The van der Waals surface area contributed by atoms with Crippen LogP contribution in [-0.4, -0.2) is 42.5 Å². The third kappa shape index (κ3) is 5.45. The van der Waals surface area contributed by atoms with Crippen LogP contribution >= 0.6 is 23.4 Å². The number of rotatable bonds is 8. The van der Waals surface area contributed by atoms with Crippen molar-refractivity contribution in [2.24, 2.45) is 5.10 Å². The zero-order valence-corrected chi connectivity index (χ0v) is 19.0. The van der Waals surface area contributed by atoms with Crippen LogP contribution in [0.25, 0.3) is 17.1 Å². The Morgan fingerprint density at radius 3 is 2.65 bits per heavy atom. The molecule has 2 aromatic heterocycles. The SMILES string of the molecule is O=C(CSc1nnc(-c2ccncc2)n1-c1ccccc1)N/N=C\c1cc([N+](=O)[O-])ccc1Cl. The van der Waals surface area contributed by atoms with Crippen molar-refractivity contribution in [2.75, 3.05) is 5.75 Å². The largest absolute Gasteiger partial charge is 0.272 e. The third-order valence-corrected chi connectivity index (χ3v) is 5.78. The number of hydrogen-bond donors (Lipinski definition) is 1. The van der Waals surface area contributed by atoms with Gasteiger partial charge in [0.05, 0.1) is 16.9 Å². The van der Waals surface area contributed by atoms with Gasteiger partial charge in [0.2, 0.25) is 0 Å². The lowest BCUT2D eigenvalue weighted by Gasteiger charge is -2.10. The molecule has 0 aliphatic heterocycles. The average Bonchev–Trinajstić information content (AvgIpc) is 3.29. The number of nitro benzene ring substituents is 1. The standard InChI is InChI=1S/C22H16ClN7O3S/c23-19-7-6-18(30(32)33)12-16(19)13-25-26-20(31)14-34-22-28-27-21(15-8-10-24-11-9-15)29(22)17-4-2-1-3-5-17/h1-13H,14H2,(H,26,31)/b25-13-. The van der Waals surface area contributed by atoms with E-state index in [-0.39, 0.29) is 16.5 Å². The van der Waals surface area contributed by atoms with E-state index >= 15 is 0 Å². The molecule has 0 saturated heterocycles. The number of non-ortho nitro benzene ring substituents is 1.